The minimum Gasteiger partial charge on any atom is -0.236 e. The zero-order valence-electron chi connectivity index (χ0n) is 12.7. The Labute approximate surface area is 141 Å². The molecule has 0 N–H and O–H groups in total. The van der Waals surface area contributed by atoms with Crippen molar-refractivity contribution in [3.05, 3.63) is 54.1 Å². The first-order valence-electron chi connectivity index (χ1n) is 7.94. The number of rotatable bonds is 2. The topological polar surface area (TPSA) is 12.9 Å². The standard InChI is InChI=1S/C19H14F3NS/c20-19(21,22)18-9-17(10-18,11-18)13-7-5-12(6-8-13)16-23-14-3-1-2-4-15(14)24-16/h1-8H,9-11H2. The highest BCUT2D eigenvalue weighted by atomic mass is 32.1. The third-order valence-corrected chi connectivity index (χ3v) is 6.76. The predicted octanol–water partition coefficient (Wildman–Crippen LogP) is 5.95. The van der Waals surface area contributed by atoms with Gasteiger partial charge < -0.3 is 0 Å². The Hall–Kier alpha value is -1.88. The molecule has 3 aliphatic rings. The summed E-state index contributed by atoms with van der Waals surface area (Å²) in [4.78, 5) is 4.63. The molecule has 3 fully saturated rings. The molecular formula is C19H14F3NS. The fourth-order valence-electron chi connectivity index (χ4n) is 4.36. The summed E-state index contributed by atoms with van der Waals surface area (Å²) < 4.78 is 40.1. The first kappa shape index (κ1) is 14.5. The Kier molecular flexibility index (Phi) is 2.65. The second-order valence-corrected chi connectivity index (χ2v) is 8.18. The summed E-state index contributed by atoms with van der Waals surface area (Å²) in [6.45, 7) is 0. The molecule has 24 heavy (non-hydrogen) atoms. The van der Waals surface area contributed by atoms with Crippen LogP contribution >= 0.6 is 11.3 Å². The number of para-hydroxylation sites is 1. The maximum atomic E-state index is 13.0. The van der Waals surface area contributed by atoms with Crippen molar-refractivity contribution in [1.29, 1.82) is 0 Å². The lowest BCUT2D eigenvalue weighted by atomic mass is 9.33. The minimum absolute atomic E-state index is 0.234. The number of alkyl halides is 3. The Morgan fingerprint density at radius 3 is 2.21 bits per heavy atom. The smallest absolute Gasteiger partial charge is 0.236 e. The van der Waals surface area contributed by atoms with Gasteiger partial charge in [-0.05, 0) is 42.4 Å². The summed E-state index contributed by atoms with van der Waals surface area (Å²) in [5.74, 6) is 0. The van der Waals surface area contributed by atoms with E-state index in [1.807, 2.05) is 48.5 Å². The van der Waals surface area contributed by atoms with Gasteiger partial charge in [0.25, 0.3) is 0 Å². The molecule has 2 aromatic carbocycles. The van der Waals surface area contributed by atoms with Gasteiger partial charge >= 0.3 is 6.18 Å². The SMILES string of the molecule is FC(F)(F)C12CC(c3ccc(-c4nc5ccccc5s4)cc3)(C1)C2. The van der Waals surface area contributed by atoms with Crippen molar-refractivity contribution in [3.8, 4) is 10.6 Å². The quantitative estimate of drug-likeness (QED) is 0.559. The highest BCUT2D eigenvalue weighted by Gasteiger charge is 2.78. The van der Waals surface area contributed by atoms with Crippen molar-refractivity contribution < 1.29 is 13.2 Å². The van der Waals surface area contributed by atoms with E-state index in [1.165, 1.54) is 0 Å². The fourth-order valence-corrected chi connectivity index (χ4v) is 5.33. The highest BCUT2D eigenvalue weighted by molar-refractivity contribution is 7.21. The first-order chi connectivity index (χ1) is 11.4. The molecule has 0 unspecified atom stereocenters. The zero-order chi connectivity index (χ0) is 16.6. The van der Waals surface area contributed by atoms with E-state index < -0.39 is 11.6 Å². The summed E-state index contributed by atoms with van der Waals surface area (Å²) in [7, 11) is 0. The van der Waals surface area contributed by atoms with Gasteiger partial charge in [-0.25, -0.2) is 4.98 Å². The van der Waals surface area contributed by atoms with Crippen LogP contribution in [-0.2, 0) is 5.41 Å². The molecule has 1 nitrogen and oxygen atoms in total. The lowest BCUT2D eigenvalue weighted by molar-refractivity contribution is -0.337. The van der Waals surface area contributed by atoms with Gasteiger partial charge in [0.1, 0.15) is 5.01 Å². The summed E-state index contributed by atoms with van der Waals surface area (Å²) in [6.07, 6.45) is -3.28. The van der Waals surface area contributed by atoms with Gasteiger partial charge in [0.2, 0.25) is 0 Å². The lowest BCUT2D eigenvalue weighted by Gasteiger charge is -2.71. The van der Waals surface area contributed by atoms with Gasteiger partial charge in [-0.2, -0.15) is 13.2 Å². The summed E-state index contributed by atoms with van der Waals surface area (Å²) in [5.41, 5.74) is 1.42. The van der Waals surface area contributed by atoms with E-state index in [0.29, 0.717) is 0 Å². The van der Waals surface area contributed by atoms with Crippen molar-refractivity contribution in [2.45, 2.75) is 30.9 Å². The maximum absolute atomic E-state index is 13.0. The summed E-state index contributed by atoms with van der Waals surface area (Å²) in [5, 5.41) is 0.951. The van der Waals surface area contributed by atoms with Crippen LogP contribution in [0.5, 0.6) is 0 Å². The number of benzene rings is 2. The molecule has 0 saturated heterocycles. The van der Waals surface area contributed by atoms with Crippen molar-refractivity contribution in [2.24, 2.45) is 5.41 Å². The largest absolute Gasteiger partial charge is 0.394 e. The van der Waals surface area contributed by atoms with Gasteiger partial charge in [0.05, 0.1) is 15.6 Å². The Morgan fingerprint density at radius 2 is 1.58 bits per heavy atom. The molecule has 1 heterocycles. The Bertz CT molecular complexity index is 886. The molecule has 2 bridgehead atoms. The number of thiazole rings is 1. The number of aromatic nitrogens is 1. The van der Waals surface area contributed by atoms with Crippen molar-refractivity contribution in [2.75, 3.05) is 0 Å². The van der Waals surface area contributed by atoms with Crippen LogP contribution in [0.15, 0.2) is 48.5 Å². The summed E-state index contributed by atoms with van der Waals surface area (Å²) in [6, 6.07) is 16.0. The molecule has 6 rings (SSSR count). The van der Waals surface area contributed by atoms with E-state index in [9.17, 15) is 13.2 Å². The molecule has 0 spiro atoms. The van der Waals surface area contributed by atoms with Crippen LogP contribution < -0.4 is 0 Å². The fraction of sp³-hybridized carbons (Fsp3) is 0.316. The molecule has 3 saturated carbocycles. The van der Waals surface area contributed by atoms with Crippen LogP contribution in [0.1, 0.15) is 24.8 Å². The van der Waals surface area contributed by atoms with Crippen molar-refractivity contribution >= 4 is 21.6 Å². The average Bonchev–Trinajstić information content (AvgIpc) is 2.87. The van der Waals surface area contributed by atoms with E-state index in [2.05, 4.69) is 4.98 Å². The monoisotopic (exact) mass is 345 g/mol. The van der Waals surface area contributed by atoms with Crippen LogP contribution in [0, 0.1) is 5.41 Å². The van der Waals surface area contributed by atoms with Crippen LogP contribution in [-0.4, -0.2) is 11.2 Å². The highest BCUT2D eigenvalue weighted by Crippen LogP contribution is 2.78. The number of hydrogen-bond donors (Lipinski definition) is 0. The third-order valence-electron chi connectivity index (χ3n) is 5.67. The molecule has 0 radical (unpaired) electrons. The molecule has 3 aromatic rings. The number of halogens is 3. The molecule has 0 aliphatic heterocycles. The number of nitrogens with zero attached hydrogens (tertiary/aromatic N) is 1. The maximum Gasteiger partial charge on any atom is 0.394 e. The first-order valence-corrected chi connectivity index (χ1v) is 8.76. The van der Waals surface area contributed by atoms with E-state index in [0.717, 1.165) is 26.4 Å². The third kappa shape index (κ3) is 1.79. The van der Waals surface area contributed by atoms with E-state index in [4.69, 9.17) is 0 Å². The average molecular weight is 345 g/mol. The normalized spacial score (nSPS) is 28.5. The van der Waals surface area contributed by atoms with Gasteiger partial charge in [-0.3, -0.25) is 0 Å². The number of hydrogen-bond acceptors (Lipinski definition) is 2. The van der Waals surface area contributed by atoms with Crippen molar-refractivity contribution in [3.63, 3.8) is 0 Å². The van der Waals surface area contributed by atoms with E-state index >= 15 is 0 Å². The predicted molar refractivity (Wildman–Crippen MR) is 89.1 cm³/mol. The molecule has 3 aliphatic carbocycles. The molecule has 0 amide bonds. The van der Waals surface area contributed by atoms with Crippen LogP contribution in [0.25, 0.3) is 20.8 Å². The van der Waals surface area contributed by atoms with Gasteiger partial charge in [0.15, 0.2) is 0 Å². The van der Waals surface area contributed by atoms with Crippen LogP contribution in [0.3, 0.4) is 0 Å². The second kappa shape index (κ2) is 4.39. The van der Waals surface area contributed by atoms with E-state index in [1.54, 1.807) is 11.3 Å². The Balaban J connectivity index is 1.41. The number of fused-ring (bicyclic) bond motifs is 1. The second-order valence-electron chi connectivity index (χ2n) is 7.15. The van der Waals surface area contributed by atoms with Gasteiger partial charge in [0, 0.05) is 5.56 Å². The zero-order valence-corrected chi connectivity index (χ0v) is 13.5. The van der Waals surface area contributed by atoms with E-state index in [-0.39, 0.29) is 24.7 Å². The van der Waals surface area contributed by atoms with Gasteiger partial charge in [-0.15, -0.1) is 11.3 Å². The molecule has 1 aromatic heterocycles. The summed E-state index contributed by atoms with van der Waals surface area (Å²) >= 11 is 1.64. The van der Waals surface area contributed by atoms with Crippen molar-refractivity contribution in [1.82, 2.24) is 4.98 Å². The van der Waals surface area contributed by atoms with Gasteiger partial charge in [-0.1, -0.05) is 36.4 Å². The molecule has 5 heteroatoms. The molecule has 122 valence electrons. The van der Waals surface area contributed by atoms with Crippen LogP contribution in [0.4, 0.5) is 13.2 Å². The van der Waals surface area contributed by atoms with Crippen LogP contribution in [0.2, 0.25) is 0 Å². The minimum atomic E-state index is -4.05. The molecular weight excluding hydrogens is 331 g/mol. The lowest BCUT2D eigenvalue weighted by Crippen LogP contribution is -2.70. The molecule has 0 atom stereocenters. The Morgan fingerprint density at radius 1 is 0.917 bits per heavy atom.